The van der Waals surface area contributed by atoms with E-state index in [1.165, 1.54) is 19.1 Å². The highest BCUT2D eigenvalue weighted by atomic mass is 32.2. The van der Waals surface area contributed by atoms with Gasteiger partial charge in [0.2, 0.25) is 5.91 Å². The van der Waals surface area contributed by atoms with Crippen molar-refractivity contribution in [2.45, 2.75) is 6.92 Å². The van der Waals surface area contributed by atoms with Crippen molar-refractivity contribution in [3.63, 3.8) is 0 Å². The zero-order chi connectivity index (χ0) is 31.4. The molecule has 5 rings (SSSR count). The van der Waals surface area contributed by atoms with Gasteiger partial charge in [-0.25, -0.2) is 9.79 Å². The van der Waals surface area contributed by atoms with Gasteiger partial charge >= 0.3 is 16.1 Å². The van der Waals surface area contributed by atoms with Crippen LogP contribution in [0, 0.1) is 0 Å². The Bertz CT molecular complexity index is 1800. The lowest BCUT2D eigenvalue weighted by atomic mass is 10.00. The number of aliphatic imine (C=N–C) groups is 1. The molecule has 0 aliphatic carbocycles. The van der Waals surface area contributed by atoms with Gasteiger partial charge in [0, 0.05) is 55.4 Å². The third-order valence-electron chi connectivity index (χ3n) is 7.66. The van der Waals surface area contributed by atoms with E-state index < -0.39 is 16.1 Å². The number of benzene rings is 3. The Labute approximate surface area is 262 Å². The van der Waals surface area contributed by atoms with Crippen LogP contribution in [0.15, 0.2) is 77.8 Å². The van der Waals surface area contributed by atoms with Gasteiger partial charge in [0.15, 0.2) is 5.88 Å². The number of likely N-dealkylation sites (N-methyl/N-ethyl adjacent to an activating group) is 2. The van der Waals surface area contributed by atoms with Crippen LogP contribution in [0.5, 0.6) is 5.88 Å². The van der Waals surface area contributed by atoms with Crippen LogP contribution in [0.3, 0.4) is 0 Å². The minimum absolute atomic E-state index is 0. The van der Waals surface area contributed by atoms with E-state index in [4.69, 9.17) is 4.99 Å². The molecule has 1 saturated heterocycles. The SMILES string of the molecule is CCS(=O)(=O)OC(=O)c1ccc2c(C(=Nc3ccc(N(C)C(=O)CN4CCN(C)CC4)cc3)c3ccccc3)c(O)[nH]c2c1.O. The molecule has 0 bridgehead atoms. The molecule has 4 aromatic rings. The molecule has 0 radical (unpaired) electrons. The Balaban J connectivity index is 0.00000461. The lowest BCUT2D eigenvalue weighted by molar-refractivity contribution is -0.119. The van der Waals surface area contributed by atoms with Crippen molar-refractivity contribution in [3.8, 4) is 5.88 Å². The van der Waals surface area contributed by atoms with E-state index >= 15 is 0 Å². The summed E-state index contributed by atoms with van der Waals surface area (Å²) in [6.07, 6.45) is 0. The average Bonchev–Trinajstić information content (AvgIpc) is 3.35. The zero-order valence-electron chi connectivity index (χ0n) is 25.4. The highest BCUT2D eigenvalue weighted by molar-refractivity contribution is 7.87. The molecular weight excluding hydrogens is 598 g/mol. The van der Waals surface area contributed by atoms with Gasteiger partial charge in [-0.15, -0.1) is 0 Å². The predicted molar refractivity (Wildman–Crippen MR) is 174 cm³/mol. The van der Waals surface area contributed by atoms with Gasteiger partial charge in [0.1, 0.15) is 0 Å². The highest BCUT2D eigenvalue weighted by Gasteiger charge is 2.23. The normalized spacial score (nSPS) is 14.6. The lowest BCUT2D eigenvalue weighted by Gasteiger charge is -2.32. The molecule has 3 aromatic carbocycles. The van der Waals surface area contributed by atoms with Gasteiger partial charge in [-0.05, 0) is 50.4 Å². The van der Waals surface area contributed by atoms with E-state index in [0.717, 1.165) is 37.4 Å². The van der Waals surface area contributed by atoms with E-state index in [1.54, 1.807) is 18.0 Å². The van der Waals surface area contributed by atoms with E-state index in [-0.39, 0.29) is 28.6 Å². The van der Waals surface area contributed by atoms with Crippen LogP contribution in [-0.2, 0) is 19.1 Å². The summed E-state index contributed by atoms with van der Waals surface area (Å²) in [5.41, 5.74) is 3.39. The first-order chi connectivity index (χ1) is 21.0. The molecule has 0 saturated carbocycles. The lowest BCUT2D eigenvalue weighted by Crippen LogP contribution is -2.48. The van der Waals surface area contributed by atoms with Crippen LogP contribution >= 0.6 is 0 Å². The van der Waals surface area contributed by atoms with Crippen LogP contribution in [0.2, 0.25) is 0 Å². The number of rotatable bonds is 9. The minimum atomic E-state index is -3.98. The van der Waals surface area contributed by atoms with Crippen LogP contribution in [0.25, 0.3) is 10.9 Å². The molecule has 1 amide bonds. The van der Waals surface area contributed by atoms with E-state index in [9.17, 15) is 23.1 Å². The minimum Gasteiger partial charge on any atom is -0.494 e. The summed E-state index contributed by atoms with van der Waals surface area (Å²) in [6.45, 7) is 5.34. The number of carbonyl (C=O) groups is 2. The van der Waals surface area contributed by atoms with Gasteiger partial charge in [-0.1, -0.05) is 36.4 Å². The Morgan fingerprint density at radius 1 is 0.978 bits per heavy atom. The molecule has 0 atom stereocenters. The molecule has 12 nitrogen and oxygen atoms in total. The maximum absolute atomic E-state index is 13.0. The summed E-state index contributed by atoms with van der Waals surface area (Å²) in [5.74, 6) is -1.50. The maximum Gasteiger partial charge on any atom is 0.353 e. The van der Waals surface area contributed by atoms with Gasteiger partial charge in [0.05, 0.1) is 34.8 Å². The molecule has 0 unspecified atom stereocenters. The first-order valence-electron chi connectivity index (χ1n) is 14.3. The quantitative estimate of drug-likeness (QED) is 0.209. The number of aromatic hydroxyl groups is 1. The number of carbonyl (C=O) groups excluding carboxylic acids is 2. The van der Waals surface area contributed by atoms with Crippen LogP contribution in [0.4, 0.5) is 11.4 Å². The summed E-state index contributed by atoms with van der Waals surface area (Å²) in [5, 5.41) is 11.6. The number of aromatic nitrogens is 1. The van der Waals surface area contributed by atoms with Crippen LogP contribution in [-0.4, -0.2) is 104 Å². The molecular formula is C32H37N5O7S. The first-order valence-corrected chi connectivity index (χ1v) is 15.9. The number of fused-ring (bicyclic) bond motifs is 1. The summed E-state index contributed by atoms with van der Waals surface area (Å²) in [7, 11) is -0.140. The van der Waals surface area contributed by atoms with Crippen molar-refractivity contribution in [2.24, 2.45) is 4.99 Å². The number of anilines is 1. The number of hydrogen-bond donors (Lipinski definition) is 2. The van der Waals surface area contributed by atoms with Gasteiger partial charge in [-0.2, -0.15) is 8.42 Å². The fourth-order valence-corrected chi connectivity index (χ4v) is 5.41. The largest absolute Gasteiger partial charge is 0.494 e. The zero-order valence-corrected chi connectivity index (χ0v) is 26.2. The number of H-pyrrole nitrogens is 1. The number of amides is 1. The summed E-state index contributed by atoms with van der Waals surface area (Å²) >= 11 is 0. The highest BCUT2D eigenvalue weighted by Crippen LogP contribution is 2.32. The molecule has 1 aromatic heterocycles. The second kappa shape index (κ2) is 14.0. The molecule has 0 spiro atoms. The van der Waals surface area contributed by atoms with Crippen LogP contribution < -0.4 is 4.90 Å². The molecule has 1 fully saturated rings. The van der Waals surface area contributed by atoms with Crippen molar-refractivity contribution in [2.75, 3.05) is 57.5 Å². The molecule has 238 valence electrons. The molecule has 2 heterocycles. The molecule has 13 heteroatoms. The Hall–Kier alpha value is -4.56. The predicted octanol–water partition coefficient (Wildman–Crippen LogP) is 2.93. The van der Waals surface area contributed by atoms with Crippen molar-refractivity contribution in [1.82, 2.24) is 14.8 Å². The molecule has 4 N–H and O–H groups in total. The standard InChI is InChI=1S/C32H35N5O6S.H2O/c1-4-44(41,42)43-32(40)23-10-15-26-27(20-23)34-31(39)29(26)30(22-8-6-5-7-9-22)33-24-11-13-25(14-12-24)36(3)28(38)21-37-18-16-35(2)17-19-37;/h5-15,20,34,39H,4,16-19,21H2,1-3H3;1H2. The average molecular weight is 636 g/mol. The van der Waals surface area contributed by atoms with E-state index in [2.05, 4.69) is 26.0 Å². The fourth-order valence-electron chi connectivity index (χ4n) is 4.96. The number of piperazine rings is 1. The number of hydrogen-bond acceptors (Lipinski definition) is 9. The second-order valence-electron chi connectivity index (χ2n) is 10.7. The second-order valence-corrected chi connectivity index (χ2v) is 12.6. The Morgan fingerprint density at radius 3 is 2.29 bits per heavy atom. The van der Waals surface area contributed by atoms with Crippen LogP contribution in [0.1, 0.15) is 28.4 Å². The van der Waals surface area contributed by atoms with Gasteiger partial charge in [-0.3, -0.25) is 9.69 Å². The third kappa shape index (κ3) is 7.75. The maximum atomic E-state index is 13.0. The molecule has 1 aliphatic heterocycles. The Morgan fingerprint density at radius 2 is 1.64 bits per heavy atom. The monoisotopic (exact) mass is 635 g/mol. The van der Waals surface area contributed by atoms with Gasteiger partial charge in [0.25, 0.3) is 0 Å². The first kappa shape index (κ1) is 33.3. The third-order valence-corrected chi connectivity index (χ3v) is 8.77. The number of nitrogens with one attached hydrogen (secondary N) is 1. The van der Waals surface area contributed by atoms with E-state index in [0.29, 0.717) is 34.4 Å². The Kier molecular flexibility index (Phi) is 10.4. The summed E-state index contributed by atoms with van der Waals surface area (Å²) in [6, 6.07) is 21.1. The van der Waals surface area contributed by atoms with Gasteiger partial charge < -0.3 is 29.5 Å². The van der Waals surface area contributed by atoms with Crippen molar-refractivity contribution in [3.05, 3.63) is 89.5 Å². The summed E-state index contributed by atoms with van der Waals surface area (Å²) < 4.78 is 28.2. The topological polar surface area (TPSA) is 167 Å². The van der Waals surface area contributed by atoms with Crippen molar-refractivity contribution >= 4 is 50.0 Å². The number of nitrogens with zero attached hydrogens (tertiary/aromatic N) is 4. The smallest absolute Gasteiger partial charge is 0.353 e. The molecule has 1 aliphatic rings. The number of aromatic amines is 1. The fraction of sp³-hybridized carbons (Fsp3) is 0.281. The summed E-state index contributed by atoms with van der Waals surface area (Å²) in [4.78, 5) is 39.2. The van der Waals surface area contributed by atoms with Crippen molar-refractivity contribution < 1.29 is 32.8 Å². The van der Waals surface area contributed by atoms with Crippen molar-refractivity contribution in [1.29, 1.82) is 0 Å². The van der Waals surface area contributed by atoms with E-state index in [1.807, 2.05) is 54.6 Å². The molecule has 45 heavy (non-hydrogen) atoms.